The Labute approximate surface area is 84.9 Å². The number of aromatic amines is 1. The second kappa shape index (κ2) is 3.23. The third kappa shape index (κ3) is 1.52. The van der Waals surface area contributed by atoms with Crippen molar-refractivity contribution in [3.05, 3.63) is 45.7 Å². The van der Waals surface area contributed by atoms with Crippen LogP contribution in [0.5, 0.6) is 0 Å². The van der Waals surface area contributed by atoms with Crippen LogP contribution in [0.3, 0.4) is 0 Å². The van der Waals surface area contributed by atoms with Crippen LogP contribution >= 0.6 is 11.6 Å². The van der Waals surface area contributed by atoms with Crippen LogP contribution in [-0.4, -0.2) is 9.89 Å². The number of benzene rings is 1. The first-order chi connectivity index (χ1) is 6.66. The van der Waals surface area contributed by atoms with Crippen LogP contribution in [0.15, 0.2) is 35.1 Å². The zero-order valence-corrected chi connectivity index (χ0v) is 7.95. The number of nitrogen functional groups attached to an aromatic ring is 1. The van der Waals surface area contributed by atoms with E-state index in [0.717, 1.165) is 10.4 Å². The van der Waals surface area contributed by atoms with E-state index in [1.165, 1.54) is 6.07 Å². The van der Waals surface area contributed by atoms with Crippen molar-refractivity contribution in [1.82, 2.24) is 9.89 Å². The second-order valence-electron chi connectivity index (χ2n) is 2.88. The highest BCUT2D eigenvalue weighted by Gasteiger charge is 2.02. The minimum Gasteiger partial charge on any atom is -0.321 e. The van der Waals surface area contributed by atoms with Gasteiger partial charge in [0.05, 0.1) is 5.69 Å². The van der Waals surface area contributed by atoms with Crippen molar-refractivity contribution in [2.75, 3.05) is 5.84 Å². The molecule has 0 bridgehead atoms. The first-order valence-electron chi connectivity index (χ1n) is 4.00. The molecule has 1 heterocycles. The van der Waals surface area contributed by atoms with Gasteiger partial charge in [0, 0.05) is 11.1 Å². The molecule has 0 radical (unpaired) electrons. The fraction of sp³-hybridized carbons (Fsp3) is 0. The standard InChI is InChI=1S/C9H8ClN3O/c10-7-3-1-6(2-4-7)8-5-9(14)13(11)12-8/h1-5,12H,11H2. The Kier molecular flexibility index (Phi) is 2.05. The Balaban J connectivity index is 2.49. The second-order valence-corrected chi connectivity index (χ2v) is 3.32. The van der Waals surface area contributed by atoms with E-state index in [1.807, 2.05) is 12.1 Å². The number of halogens is 1. The molecule has 1 aromatic carbocycles. The van der Waals surface area contributed by atoms with Crippen molar-refractivity contribution < 1.29 is 0 Å². The molecule has 4 nitrogen and oxygen atoms in total. The van der Waals surface area contributed by atoms with Crippen LogP contribution in [-0.2, 0) is 0 Å². The van der Waals surface area contributed by atoms with Gasteiger partial charge in [-0.3, -0.25) is 9.89 Å². The summed E-state index contributed by atoms with van der Waals surface area (Å²) in [7, 11) is 0. The predicted octanol–water partition coefficient (Wildman–Crippen LogP) is 1.21. The van der Waals surface area contributed by atoms with E-state index < -0.39 is 0 Å². The molecule has 0 atom stereocenters. The molecule has 0 spiro atoms. The van der Waals surface area contributed by atoms with E-state index in [2.05, 4.69) is 5.10 Å². The lowest BCUT2D eigenvalue weighted by atomic mass is 10.2. The minimum absolute atomic E-state index is 0.269. The van der Waals surface area contributed by atoms with Crippen LogP contribution in [0.2, 0.25) is 5.02 Å². The normalized spacial score (nSPS) is 10.4. The molecule has 0 saturated carbocycles. The van der Waals surface area contributed by atoms with Crippen LogP contribution in [0, 0.1) is 0 Å². The van der Waals surface area contributed by atoms with Crippen molar-refractivity contribution in [3.8, 4) is 11.3 Å². The van der Waals surface area contributed by atoms with Crippen LogP contribution in [0.4, 0.5) is 0 Å². The fourth-order valence-corrected chi connectivity index (χ4v) is 1.31. The Bertz CT molecular complexity index is 498. The summed E-state index contributed by atoms with van der Waals surface area (Å²) in [5, 5.41) is 3.37. The lowest BCUT2D eigenvalue weighted by molar-refractivity contribution is 0.805. The predicted molar refractivity (Wildman–Crippen MR) is 55.6 cm³/mol. The molecule has 2 aromatic rings. The molecule has 0 aliphatic rings. The lowest BCUT2D eigenvalue weighted by Crippen LogP contribution is -2.23. The number of nitrogens with two attached hydrogens (primary N) is 1. The number of aromatic nitrogens is 2. The molecule has 3 N–H and O–H groups in total. The van der Waals surface area contributed by atoms with Crippen molar-refractivity contribution in [1.29, 1.82) is 0 Å². The number of H-pyrrole nitrogens is 1. The number of hydrogen-bond donors (Lipinski definition) is 2. The summed E-state index contributed by atoms with van der Waals surface area (Å²) < 4.78 is 0. The van der Waals surface area contributed by atoms with Gasteiger partial charge in [0.25, 0.3) is 5.56 Å². The maximum absolute atomic E-state index is 11.1. The number of rotatable bonds is 1. The summed E-state index contributed by atoms with van der Waals surface area (Å²) in [4.78, 5) is 12.0. The largest absolute Gasteiger partial charge is 0.321 e. The Morgan fingerprint density at radius 3 is 2.43 bits per heavy atom. The van der Waals surface area contributed by atoms with Gasteiger partial charge in [0.2, 0.25) is 0 Å². The fourth-order valence-electron chi connectivity index (χ4n) is 1.19. The van der Waals surface area contributed by atoms with Gasteiger partial charge in [-0.1, -0.05) is 23.7 Å². The zero-order chi connectivity index (χ0) is 10.1. The summed E-state index contributed by atoms with van der Waals surface area (Å²) in [5.74, 6) is 5.33. The number of nitrogens with zero attached hydrogens (tertiary/aromatic N) is 1. The summed E-state index contributed by atoms with van der Waals surface area (Å²) in [5.41, 5.74) is 1.28. The third-order valence-corrected chi connectivity index (χ3v) is 2.15. The van der Waals surface area contributed by atoms with Crippen LogP contribution in [0.25, 0.3) is 11.3 Å². The Hall–Kier alpha value is -1.68. The van der Waals surface area contributed by atoms with E-state index >= 15 is 0 Å². The van der Waals surface area contributed by atoms with Gasteiger partial charge in [0.15, 0.2) is 0 Å². The van der Waals surface area contributed by atoms with Crippen LogP contribution in [0.1, 0.15) is 0 Å². The van der Waals surface area contributed by atoms with E-state index in [9.17, 15) is 4.79 Å². The quantitative estimate of drug-likeness (QED) is 0.694. The van der Waals surface area contributed by atoms with Crippen LogP contribution < -0.4 is 11.4 Å². The topological polar surface area (TPSA) is 63.8 Å². The number of nitrogens with one attached hydrogen (secondary N) is 1. The average molecular weight is 210 g/mol. The average Bonchev–Trinajstić information content (AvgIpc) is 2.48. The van der Waals surface area contributed by atoms with Crippen molar-refractivity contribution in [3.63, 3.8) is 0 Å². The van der Waals surface area contributed by atoms with Gasteiger partial charge < -0.3 is 5.84 Å². The molecule has 0 fully saturated rings. The molecule has 1 aromatic heterocycles. The minimum atomic E-state index is -0.269. The summed E-state index contributed by atoms with van der Waals surface area (Å²) in [6.45, 7) is 0. The molecule has 0 aliphatic carbocycles. The summed E-state index contributed by atoms with van der Waals surface area (Å²) in [6.07, 6.45) is 0. The summed E-state index contributed by atoms with van der Waals surface area (Å²) in [6, 6.07) is 8.57. The third-order valence-electron chi connectivity index (χ3n) is 1.90. The molecular formula is C9H8ClN3O. The van der Waals surface area contributed by atoms with Gasteiger partial charge in [0.1, 0.15) is 0 Å². The molecular weight excluding hydrogens is 202 g/mol. The van der Waals surface area contributed by atoms with E-state index in [-0.39, 0.29) is 5.56 Å². The summed E-state index contributed by atoms with van der Waals surface area (Å²) >= 11 is 5.73. The Morgan fingerprint density at radius 1 is 1.29 bits per heavy atom. The number of hydrogen-bond acceptors (Lipinski definition) is 2. The van der Waals surface area contributed by atoms with E-state index in [4.69, 9.17) is 17.4 Å². The highest BCUT2D eigenvalue weighted by Crippen LogP contribution is 2.17. The smallest absolute Gasteiger partial charge is 0.286 e. The van der Waals surface area contributed by atoms with E-state index in [1.54, 1.807) is 12.1 Å². The molecule has 2 rings (SSSR count). The monoisotopic (exact) mass is 209 g/mol. The SMILES string of the molecule is Nn1[nH]c(-c2ccc(Cl)cc2)cc1=O. The first-order valence-corrected chi connectivity index (χ1v) is 4.38. The van der Waals surface area contributed by atoms with Gasteiger partial charge in [-0.2, -0.15) is 4.79 Å². The molecule has 0 saturated heterocycles. The van der Waals surface area contributed by atoms with Crippen molar-refractivity contribution >= 4 is 11.6 Å². The van der Waals surface area contributed by atoms with Gasteiger partial charge in [-0.05, 0) is 17.7 Å². The zero-order valence-electron chi connectivity index (χ0n) is 7.20. The maximum Gasteiger partial charge on any atom is 0.286 e. The highest BCUT2D eigenvalue weighted by atomic mass is 35.5. The first kappa shape index (κ1) is 8.90. The van der Waals surface area contributed by atoms with Gasteiger partial charge in [-0.15, -0.1) is 0 Å². The molecule has 0 amide bonds. The lowest BCUT2D eigenvalue weighted by Gasteiger charge is -1.96. The molecule has 0 unspecified atom stereocenters. The van der Waals surface area contributed by atoms with Gasteiger partial charge >= 0.3 is 0 Å². The van der Waals surface area contributed by atoms with Gasteiger partial charge in [-0.25, -0.2) is 0 Å². The van der Waals surface area contributed by atoms with E-state index in [0.29, 0.717) is 10.7 Å². The van der Waals surface area contributed by atoms with Crippen molar-refractivity contribution in [2.45, 2.75) is 0 Å². The molecule has 72 valence electrons. The molecule has 0 aliphatic heterocycles. The molecule has 5 heteroatoms. The maximum atomic E-state index is 11.1. The Morgan fingerprint density at radius 2 is 1.93 bits per heavy atom. The molecule has 14 heavy (non-hydrogen) atoms. The van der Waals surface area contributed by atoms with Crippen molar-refractivity contribution in [2.24, 2.45) is 0 Å². The highest BCUT2D eigenvalue weighted by molar-refractivity contribution is 6.30.